The number of methoxy groups -OCH3 is 1. The van der Waals surface area contributed by atoms with Crippen molar-refractivity contribution >= 4 is 34.7 Å². The molecule has 0 radical (unpaired) electrons. The zero-order valence-electron chi connectivity index (χ0n) is 16.6. The highest BCUT2D eigenvalue weighted by Crippen LogP contribution is 2.20. The molecule has 0 saturated heterocycles. The first-order valence-corrected chi connectivity index (χ1v) is 10.2. The number of benzene rings is 2. The maximum absolute atomic E-state index is 13.1. The molecule has 1 N–H and O–H groups in total. The zero-order valence-corrected chi connectivity index (χ0v) is 17.4. The number of amides is 2. The molecule has 0 atom stereocenters. The van der Waals surface area contributed by atoms with Crippen LogP contribution in [0.1, 0.15) is 12.5 Å². The van der Waals surface area contributed by atoms with Crippen LogP contribution < -0.4 is 15.6 Å². The van der Waals surface area contributed by atoms with Gasteiger partial charge in [-0.05, 0) is 36.8 Å². The van der Waals surface area contributed by atoms with Crippen LogP contribution in [0.15, 0.2) is 58.5 Å². The highest BCUT2D eigenvalue weighted by Gasteiger charge is 2.15. The summed E-state index contributed by atoms with van der Waals surface area (Å²) in [4.78, 5) is 41.1. The van der Waals surface area contributed by atoms with Gasteiger partial charge in [-0.15, -0.1) is 0 Å². The molecule has 0 fully saturated rings. The molecule has 3 rings (SSSR count). The fourth-order valence-corrected chi connectivity index (χ4v) is 3.56. The Labute approximate surface area is 177 Å². The highest BCUT2D eigenvalue weighted by atomic mass is 32.2. The molecule has 2 aromatic carbocycles. The Kier molecular flexibility index (Phi) is 7.08. The molecule has 0 saturated carbocycles. The Morgan fingerprint density at radius 1 is 1.13 bits per heavy atom. The van der Waals surface area contributed by atoms with Gasteiger partial charge in [-0.3, -0.25) is 19.5 Å². The van der Waals surface area contributed by atoms with E-state index in [0.29, 0.717) is 21.8 Å². The number of imide groups is 1. The second kappa shape index (κ2) is 9.93. The molecule has 0 bridgehead atoms. The fraction of sp³-hybridized carbons (Fsp3) is 0.238. The summed E-state index contributed by atoms with van der Waals surface area (Å²) < 4.78 is 11.4. The summed E-state index contributed by atoms with van der Waals surface area (Å²) >= 11 is 1.08. The summed E-state index contributed by atoms with van der Waals surface area (Å²) in [5.74, 6) is 0.0940. The molecule has 0 unspecified atom stereocenters. The fourth-order valence-electron chi connectivity index (χ4n) is 2.76. The summed E-state index contributed by atoms with van der Waals surface area (Å²) in [7, 11) is 1.59. The number of nitrogens with zero attached hydrogens (tertiary/aromatic N) is 2. The average Bonchev–Trinajstić information content (AvgIpc) is 2.75. The number of carbonyl (C=O) groups excluding carboxylic acids is 2. The SMILES string of the molecule is CCOC(=O)NC(=O)CSc1nc2ccccc2c(=O)n1Cc1ccc(OC)cc1. The van der Waals surface area contributed by atoms with E-state index in [-0.39, 0.29) is 24.5 Å². The van der Waals surface area contributed by atoms with E-state index in [9.17, 15) is 14.4 Å². The second-order valence-corrected chi connectivity index (χ2v) is 7.15. The Morgan fingerprint density at radius 3 is 2.57 bits per heavy atom. The summed E-state index contributed by atoms with van der Waals surface area (Å²) in [6.07, 6.45) is -0.801. The molecule has 0 aliphatic heterocycles. The average molecular weight is 427 g/mol. The van der Waals surface area contributed by atoms with Gasteiger partial charge in [-0.25, -0.2) is 9.78 Å². The molecule has 0 spiro atoms. The van der Waals surface area contributed by atoms with Gasteiger partial charge in [-0.1, -0.05) is 36.0 Å². The van der Waals surface area contributed by atoms with Crippen LogP contribution in [0.25, 0.3) is 10.9 Å². The first-order chi connectivity index (χ1) is 14.5. The quantitative estimate of drug-likeness (QED) is 0.457. The van der Waals surface area contributed by atoms with Crippen LogP contribution >= 0.6 is 11.8 Å². The summed E-state index contributed by atoms with van der Waals surface area (Å²) in [6, 6.07) is 14.4. The molecule has 1 aromatic heterocycles. The van der Waals surface area contributed by atoms with Crippen LogP contribution in [0.3, 0.4) is 0 Å². The number of aromatic nitrogens is 2. The van der Waals surface area contributed by atoms with Crippen molar-refractivity contribution in [2.75, 3.05) is 19.5 Å². The standard InChI is InChI=1S/C21H21N3O5S/c1-3-29-21(27)23-18(25)13-30-20-22-17-7-5-4-6-16(17)19(26)24(20)12-14-8-10-15(28-2)11-9-14/h4-11H,3,12-13H2,1-2H3,(H,23,25,27). The molecule has 3 aromatic rings. The van der Waals surface area contributed by atoms with Crippen molar-refractivity contribution in [3.05, 3.63) is 64.4 Å². The lowest BCUT2D eigenvalue weighted by atomic mass is 10.2. The van der Waals surface area contributed by atoms with Gasteiger partial charge >= 0.3 is 6.09 Å². The minimum absolute atomic E-state index is 0.0911. The largest absolute Gasteiger partial charge is 0.497 e. The van der Waals surface area contributed by atoms with Crippen molar-refractivity contribution in [2.24, 2.45) is 0 Å². The normalized spacial score (nSPS) is 10.6. The number of nitrogens with one attached hydrogen (secondary N) is 1. The summed E-state index contributed by atoms with van der Waals surface area (Å²) in [6.45, 7) is 2.10. The monoisotopic (exact) mass is 427 g/mol. The van der Waals surface area contributed by atoms with E-state index >= 15 is 0 Å². The van der Waals surface area contributed by atoms with E-state index in [0.717, 1.165) is 17.3 Å². The molecular formula is C21H21N3O5S. The van der Waals surface area contributed by atoms with E-state index in [1.54, 1.807) is 38.3 Å². The van der Waals surface area contributed by atoms with Gasteiger partial charge in [0.1, 0.15) is 5.75 Å². The Hall–Kier alpha value is -3.33. The molecule has 9 heteroatoms. The van der Waals surface area contributed by atoms with Gasteiger partial charge in [-0.2, -0.15) is 0 Å². The maximum atomic E-state index is 13.1. The van der Waals surface area contributed by atoms with Gasteiger partial charge in [0.2, 0.25) is 5.91 Å². The van der Waals surface area contributed by atoms with Crippen molar-refractivity contribution < 1.29 is 19.1 Å². The number of ether oxygens (including phenoxy) is 2. The molecule has 156 valence electrons. The predicted molar refractivity (Wildman–Crippen MR) is 114 cm³/mol. The van der Waals surface area contributed by atoms with Crippen molar-refractivity contribution in [2.45, 2.75) is 18.6 Å². The van der Waals surface area contributed by atoms with Gasteiger partial charge in [0.25, 0.3) is 5.56 Å². The highest BCUT2D eigenvalue weighted by molar-refractivity contribution is 7.99. The lowest BCUT2D eigenvalue weighted by Gasteiger charge is -2.13. The first kappa shape index (κ1) is 21.4. The Bertz CT molecular complexity index is 1110. The van der Waals surface area contributed by atoms with Gasteiger partial charge in [0.15, 0.2) is 5.16 Å². The van der Waals surface area contributed by atoms with E-state index in [1.807, 2.05) is 24.3 Å². The van der Waals surface area contributed by atoms with Crippen molar-refractivity contribution in [1.29, 1.82) is 0 Å². The van der Waals surface area contributed by atoms with E-state index in [1.165, 1.54) is 4.57 Å². The third-order valence-corrected chi connectivity index (χ3v) is 5.15. The first-order valence-electron chi connectivity index (χ1n) is 9.23. The minimum atomic E-state index is -0.801. The van der Waals surface area contributed by atoms with E-state index in [2.05, 4.69) is 10.3 Å². The molecule has 1 heterocycles. The zero-order chi connectivity index (χ0) is 21.5. The minimum Gasteiger partial charge on any atom is -0.497 e. The topological polar surface area (TPSA) is 99.5 Å². The second-order valence-electron chi connectivity index (χ2n) is 6.21. The van der Waals surface area contributed by atoms with Crippen LogP contribution in [-0.2, 0) is 16.1 Å². The maximum Gasteiger partial charge on any atom is 0.413 e. The lowest BCUT2D eigenvalue weighted by Crippen LogP contribution is -2.32. The molecular weight excluding hydrogens is 406 g/mol. The van der Waals surface area contributed by atoms with Gasteiger partial charge in [0.05, 0.1) is 36.9 Å². The summed E-state index contributed by atoms with van der Waals surface area (Å²) in [5.41, 5.74) is 1.22. The van der Waals surface area contributed by atoms with Gasteiger partial charge in [0, 0.05) is 0 Å². The molecule has 8 nitrogen and oxygen atoms in total. The van der Waals surface area contributed by atoms with Crippen LogP contribution in [-0.4, -0.2) is 41.0 Å². The van der Waals surface area contributed by atoms with Crippen molar-refractivity contribution in [3.63, 3.8) is 0 Å². The van der Waals surface area contributed by atoms with Gasteiger partial charge < -0.3 is 9.47 Å². The number of hydrogen-bond donors (Lipinski definition) is 1. The van der Waals surface area contributed by atoms with Crippen LogP contribution in [0.5, 0.6) is 5.75 Å². The Balaban J connectivity index is 1.89. The van der Waals surface area contributed by atoms with Crippen LogP contribution in [0, 0.1) is 0 Å². The number of alkyl carbamates (subject to hydrolysis) is 1. The van der Waals surface area contributed by atoms with E-state index < -0.39 is 12.0 Å². The number of hydrogen-bond acceptors (Lipinski definition) is 7. The van der Waals surface area contributed by atoms with Crippen molar-refractivity contribution in [3.8, 4) is 5.75 Å². The van der Waals surface area contributed by atoms with Crippen molar-refractivity contribution in [1.82, 2.24) is 14.9 Å². The number of carbonyl (C=O) groups is 2. The molecule has 30 heavy (non-hydrogen) atoms. The number of para-hydroxylation sites is 1. The summed E-state index contributed by atoms with van der Waals surface area (Å²) in [5, 5.41) is 3.01. The number of rotatable bonds is 7. The molecule has 0 aliphatic carbocycles. The van der Waals surface area contributed by atoms with E-state index in [4.69, 9.17) is 9.47 Å². The Morgan fingerprint density at radius 2 is 1.87 bits per heavy atom. The molecule has 2 amide bonds. The predicted octanol–water partition coefficient (Wildman–Crippen LogP) is 2.82. The lowest BCUT2D eigenvalue weighted by molar-refractivity contribution is -0.117. The number of thioether (sulfide) groups is 1. The smallest absolute Gasteiger partial charge is 0.413 e. The molecule has 0 aliphatic rings. The third kappa shape index (κ3) is 5.18. The number of fused-ring (bicyclic) bond motifs is 1. The van der Waals surface area contributed by atoms with Crippen LogP contribution in [0.4, 0.5) is 4.79 Å². The van der Waals surface area contributed by atoms with Crippen LogP contribution in [0.2, 0.25) is 0 Å². The third-order valence-electron chi connectivity index (χ3n) is 4.18.